The first-order valence-electron chi connectivity index (χ1n) is 3.15. The highest BCUT2D eigenvalue weighted by atomic mass is 15.8. The first kappa shape index (κ1) is 6.32. The van der Waals surface area contributed by atoms with Crippen molar-refractivity contribution < 1.29 is 0 Å². The molecule has 2 rings (SSSR count). The van der Waals surface area contributed by atoms with E-state index in [9.17, 15) is 0 Å². The normalized spacial score (nSPS) is 27.5. The standard InChI is InChI=1S/C5H9N6/c1-11(7)5-4(6)2-8-10(5)3-9-11/h2-3H,6-7H2,1H3/q+1. The number of hydrogen-bond donors (Lipinski definition) is 2. The van der Waals surface area contributed by atoms with Crippen LogP contribution in [0.1, 0.15) is 0 Å². The van der Waals surface area contributed by atoms with Gasteiger partial charge in [-0.15, -0.1) is 5.84 Å². The predicted molar refractivity (Wildman–Crippen MR) is 42.4 cm³/mol. The van der Waals surface area contributed by atoms with E-state index in [1.807, 2.05) is 0 Å². The molecule has 0 amide bonds. The molecule has 0 aliphatic carbocycles. The maximum Gasteiger partial charge on any atom is 0.301 e. The Kier molecular flexibility index (Phi) is 0.921. The molecule has 58 valence electrons. The molecule has 1 aliphatic rings. The quantitative estimate of drug-likeness (QED) is 0.373. The molecule has 0 spiro atoms. The number of fused-ring (bicyclic) bond motifs is 1. The van der Waals surface area contributed by atoms with E-state index in [2.05, 4.69) is 10.2 Å². The van der Waals surface area contributed by atoms with Gasteiger partial charge in [-0.3, -0.25) is 0 Å². The van der Waals surface area contributed by atoms with Gasteiger partial charge in [0, 0.05) is 0 Å². The Balaban J connectivity index is 2.68. The number of nitrogen functional groups attached to an aromatic ring is 1. The Morgan fingerprint density at radius 1 is 1.64 bits per heavy atom. The third-order valence-electron chi connectivity index (χ3n) is 1.63. The Hall–Kier alpha value is -1.40. The molecular formula is C5H9N6+. The van der Waals surface area contributed by atoms with Gasteiger partial charge in [-0.05, 0) is 5.10 Å². The maximum absolute atomic E-state index is 5.73. The van der Waals surface area contributed by atoms with E-state index in [1.165, 1.54) is 0 Å². The molecule has 1 aromatic heterocycles. The van der Waals surface area contributed by atoms with Crippen molar-refractivity contribution >= 4 is 17.8 Å². The zero-order valence-corrected chi connectivity index (χ0v) is 6.10. The summed E-state index contributed by atoms with van der Waals surface area (Å²) >= 11 is 0. The Labute approximate surface area is 63.2 Å². The molecule has 0 saturated heterocycles. The van der Waals surface area contributed by atoms with Crippen molar-refractivity contribution in [1.29, 1.82) is 0 Å². The van der Waals surface area contributed by atoms with Crippen LogP contribution < -0.4 is 16.3 Å². The lowest BCUT2D eigenvalue weighted by atomic mass is 10.5. The average molecular weight is 153 g/mol. The van der Waals surface area contributed by atoms with E-state index in [4.69, 9.17) is 11.6 Å². The summed E-state index contributed by atoms with van der Waals surface area (Å²) in [4.78, 5) is 0. The van der Waals surface area contributed by atoms with Crippen LogP contribution in [0.2, 0.25) is 0 Å². The highest BCUT2D eigenvalue weighted by Crippen LogP contribution is 2.27. The molecule has 0 bridgehead atoms. The highest BCUT2D eigenvalue weighted by molar-refractivity contribution is 5.75. The van der Waals surface area contributed by atoms with Crippen molar-refractivity contribution in [2.75, 3.05) is 12.8 Å². The fourth-order valence-electron chi connectivity index (χ4n) is 1.13. The first-order chi connectivity index (χ1) is 5.11. The molecule has 0 fully saturated rings. The van der Waals surface area contributed by atoms with Gasteiger partial charge in [0.1, 0.15) is 12.7 Å². The number of aromatic nitrogens is 2. The number of anilines is 1. The van der Waals surface area contributed by atoms with Gasteiger partial charge in [-0.1, -0.05) is 4.70 Å². The van der Waals surface area contributed by atoms with Crippen LogP contribution in [0.15, 0.2) is 11.3 Å². The zero-order chi connectivity index (χ0) is 8.06. The van der Waals surface area contributed by atoms with E-state index in [1.54, 1.807) is 24.3 Å². The van der Waals surface area contributed by atoms with Crippen molar-refractivity contribution in [3.63, 3.8) is 0 Å². The minimum absolute atomic E-state index is 0.0775. The molecule has 1 atom stereocenters. The maximum atomic E-state index is 5.73. The monoisotopic (exact) mass is 153 g/mol. The number of quaternary nitrogens is 1. The van der Waals surface area contributed by atoms with Crippen LogP contribution >= 0.6 is 0 Å². The first-order valence-corrected chi connectivity index (χ1v) is 3.15. The van der Waals surface area contributed by atoms with Gasteiger partial charge in [0.15, 0.2) is 6.34 Å². The predicted octanol–water partition coefficient (Wildman–Crippen LogP) is -0.919. The molecule has 11 heavy (non-hydrogen) atoms. The molecular weight excluding hydrogens is 144 g/mol. The zero-order valence-electron chi connectivity index (χ0n) is 6.10. The SMILES string of the molecule is C[N+]1(N)N=Cn2ncc(N)c21. The fraction of sp³-hybridized carbons (Fsp3) is 0.200. The highest BCUT2D eigenvalue weighted by Gasteiger charge is 2.33. The number of rotatable bonds is 0. The van der Waals surface area contributed by atoms with E-state index >= 15 is 0 Å². The Morgan fingerprint density at radius 3 is 3.00 bits per heavy atom. The van der Waals surface area contributed by atoms with Crippen molar-refractivity contribution in [2.45, 2.75) is 0 Å². The Morgan fingerprint density at radius 2 is 2.36 bits per heavy atom. The second-order valence-electron chi connectivity index (χ2n) is 2.63. The topological polar surface area (TPSA) is 82.2 Å². The number of nitrogens with two attached hydrogens (primary N) is 2. The van der Waals surface area contributed by atoms with Gasteiger partial charge < -0.3 is 5.73 Å². The lowest BCUT2D eigenvalue weighted by molar-refractivity contribution is 0.368. The number of nitrogens with zero attached hydrogens (tertiary/aromatic N) is 4. The van der Waals surface area contributed by atoms with E-state index in [0.717, 1.165) is 0 Å². The second kappa shape index (κ2) is 1.60. The van der Waals surface area contributed by atoms with Crippen molar-refractivity contribution in [3.8, 4) is 0 Å². The third kappa shape index (κ3) is 0.673. The summed E-state index contributed by atoms with van der Waals surface area (Å²) in [5.41, 5.74) is 6.17. The summed E-state index contributed by atoms with van der Waals surface area (Å²) in [6.45, 7) is 0. The van der Waals surface area contributed by atoms with Crippen LogP contribution in [0.5, 0.6) is 0 Å². The summed E-state index contributed by atoms with van der Waals surface area (Å²) in [5, 5.41) is 7.91. The number of hydrogen-bond acceptors (Lipinski definition) is 4. The van der Waals surface area contributed by atoms with Gasteiger partial charge in [-0.2, -0.15) is 9.78 Å². The van der Waals surface area contributed by atoms with Crippen molar-refractivity contribution in [3.05, 3.63) is 6.20 Å². The summed E-state index contributed by atoms with van der Waals surface area (Å²) in [6, 6.07) is 0. The molecule has 1 aromatic rings. The smallest absolute Gasteiger partial charge is 0.301 e. The molecule has 0 radical (unpaired) electrons. The summed E-state index contributed by atoms with van der Waals surface area (Å²) in [6.07, 6.45) is 3.11. The van der Waals surface area contributed by atoms with E-state index in [0.29, 0.717) is 11.5 Å². The summed E-state index contributed by atoms with van der Waals surface area (Å²) in [5.74, 6) is 6.43. The van der Waals surface area contributed by atoms with Crippen LogP contribution in [-0.4, -0.2) is 23.2 Å². The molecule has 6 nitrogen and oxygen atoms in total. The molecule has 0 aromatic carbocycles. The largest absolute Gasteiger partial charge is 0.391 e. The van der Waals surface area contributed by atoms with Gasteiger partial charge in [0.25, 0.3) is 0 Å². The van der Waals surface area contributed by atoms with Crippen LogP contribution in [0.4, 0.5) is 11.5 Å². The lowest BCUT2D eigenvalue weighted by Crippen LogP contribution is -2.45. The second-order valence-corrected chi connectivity index (χ2v) is 2.63. The lowest BCUT2D eigenvalue weighted by Gasteiger charge is -2.13. The minimum atomic E-state index is -0.0775. The third-order valence-corrected chi connectivity index (χ3v) is 1.63. The summed E-state index contributed by atoms with van der Waals surface area (Å²) in [7, 11) is 1.73. The minimum Gasteiger partial charge on any atom is -0.391 e. The van der Waals surface area contributed by atoms with Crippen LogP contribution in [0, 0.1) is 0 Å². The van der Waals surface area contributed by atoms with Crippen LogP contribution in [-0.2, 0) is 0 Å². The Bertz CT molecular complexity index is 322. The van der Waals surface area contributed by atoms with E-state index < -0.39 is 0 Å². The molecule has 0 saturated carbocycles. The van der Waals surface area contributed by atoms with Crippen molar-refractivity contribution in [1.82, 2.24) is 14.5 Å². The van der Waals surface area contributed by atoms with Crippen LogP contribution in [0.3, 0.4) is 0 Å². The van der Waals surface area contributed by atoms with Gasteiger partial charge >= 0.3 is 5.82 Å². The van der Waals surface area contributed by atoms with Crippen molar-refractivity contribution in [2.24, 2.45) is 10.9 Å². The van der Waals surface area contributed by atoms with E-state index in [-0.39, 0.29) is 4.70 Å². The van der Waals surface area contributed by atoms with Gasteiger partial charge in [0.2, 0.25) is 0 Å². The molecule has 1 unspecified atom stereocenters. The van der Waals surface area contributed by atoms with Gasteiger partial charge in [-0.25, -0.2) is 0 Å². The summed E-state index contributed by atoms with van der Waals surface area (Å²) < 4.78 is 1.49. The molecule has 2 heterocycles. The molecule has 6 heteroatoms. The van der Waals surface area contributed by atoms with Gasteiger partial charge in [0.05, 0.1) is 6.20 Å². The average Bonchev–Trinajstić information content (AvgIpc) is 2.38. The fourth-order valence-corrected chi connectivity index (χ4v) is 1.13. The van der Waals surface area contributed by atoms with Crippen LogP contribution in [0.25, 0.3) is 0 Å². The molecule has 4 N–H and O–H groups in total. The molecule has 1 aliphatic heterocycles.